The number of rotatable bonds is 3. The molecule has 0 bridgehead atoms. The molecular formula is C21H16N4. The summed E-state index contributed by atoms with van der Waals surface area (Å²) in [4.78, 5) is 0. The minimum absolute atomic E-state index is 0.0543. The average molecular weight is 324 g/mol. The summed E-state index contributed by atoms with van der Waals surface area (Å²) in [7, 11) is 0. The number of para-hydroxylation sites is 1. The van der Waals surface area contributed by atoms with Gasteiger partial charge in [-0.3, -0.25) is 0 Å². The predicted molar refractivity (Wildman–Crippen MR) is 97.7 cm³/mol. The number of nitrogens with zero attached hydrogens (tertiary/aromatic N) is 4. The van der Waals surface area contributed by atoms with Crippen LogP contribution in [0.5, 0.6) is 0 Å². The SMILES string of the molecule is Cc1ccc(-c2nn(-c3ccccc3)cc2C=C(C#N)C#N)c(C)c1. The van der Waals surface area contributed by atoms with Gasteiger partial charge in [0.1, 0.15) is 23.4 Å². The molecule has 0 aliphatic heterocycles. The van der Waals surface area contributed by atoms with Crippen LogP contribution in [0, 0.1) is 36.5 Å². The van der Waals surface area contributed by atoms with Gasteiger partial charge in [-0.1, -0.05) is 42.0 Å². The van der Waals surface area contributed by atoms with Crippen molar-refractivity contribution in [2.45, 2.75) is 13.8 Å². The van der Waals surface area contributed by atoms with Crippen molar-refractivity contribution in [1.82, 2.24) is 9.78 Å². The molecule has 3 rings (SSSR count). The summed E-state index contributed by atoms with van der Waals surface area (Å²) in [5, 5.41) is 22.9. The van der Waals surface area contributed by atoms with Gasteiger partial charge in [-0.05, 0) is 37.6 Å². The molecule has 0 radical (unpaired) electrons. The Kier molecular flexibility index (Phi) is 4.46. The second-order valence-corrected chi connectivity index (χ2v) is 5.81. The molecule has 0 N–H and O–H groups in total. The van der Waals surface area contributed by atoms with Crippen molar-refractivity contribution in [2.75, 3.05) is 0 Å². The number of allylic oxidation sites excluding steroid dienone is 1. The van der Waals surface area contributed by atoms with E-state index in [1.807, 2.05) is 74.6 Å². The van der Waals surface area contributed by atoms with E-state index in [9.17, 15) is 0 Å². The monoisotopic (exact) mass is 324 g/mol. The first-order valence-electron chi connectivity index (χ1n) is 7.87. The fourth-order valence-corrected chi connectivity index (χ4v) is 2.74. The maximum absolute atomic E-state index is 9.10. The molecule has 120 valence electrons. The van der Waals surface area contributed by atoms with E-state index >= 15 is 0 Å². The third-order valence-electron chi connectivity index (χ3n) is 3.94. The first-order chi connectivity index (χ1) is 12.1. The first-order valence-corrected chi connectivity index (χ1v) is 7.87. The average Bonchev–Trinajstić information content (AvgIpc) is 3.04. The summed E-state index contributed by atoms with van der Waals surface area (Å²) in [5.74, 6) is 0. The molecular weight excluding hydrogens is 308 g/mol. The second-order valence-electron chi connectivity index (χ2n) is 5.81. The summed E-state index contributed by atoms with van der Waals surface area (Å²) in [6.45, 7) is 4.08. The Labute approximate surface area is 146 Å². The van der Waals surface area contributed by atoms with Crippen LogP contribution in [0.4, 0.5) is 0 Å². The highest BCUT2D eigenvalue weighted by molar-refractivity contribution is 5.77. The summed E-state index contributed by atoms with van der Waals surface area (Å²) in [5.41, 5.74) is 5.74. The fourth-order valence-electron chi connectivity index (χ4n) is 2.74. The third kappa shape index (κ3) is 3.34. The smallest absolute Gasteiger partial charge is 0.130 e. The highest BCUT2D eigenvalue weighted by Gasteiger charge is 2.13. The number of benzene rings is 2. The van der Waals surface area contributed by atoms with Crippen LogP contribution < -0.4 is 0 Å². The predicted octanol–water partition coefficient (Wildman–Crippen LogP) is 4.59. The topological polar surface area (TPSA) is 65.4 Å². The number of hydrogen-bond acceptors (Lipinski definition) is 3. The van der Waals surface area contributed by atoms with Gasteiger partial charge < -0.3 is 0 Å². The maximum atomic E-state index is 9.10. The van der Waals surface area contributed by atoms with Gasteiger partial charge in [-0.2, -0.15) is 15.6 Å². The molecule has 0 unspecified atom stereocenters. The molecule has 3 aromatic rings. The molecule has 0 saturated heterocycles. The summed E-state index contributed by atoms with van der Waals surface area (Å²) < 4.78 is 1.77. The zero-order valence-electron chi connectivity index (χ0n) is 14.1. The van der Waals surface area contributed by atoms with Crippen LogP contribution in [-0.4, -0.2) is 9.78 Å². The van der Waals surface area contributed by atoms with Gasteiger partial charge in [-0.15, -0.1) is 0 Å². The summed E-state index contributed by atoms with van der Waals surface area (Å²) in [6.07, 6.45) is 3.43. The lowest BCUT2D eigenvalue weighted by atomic mass is 10.00. The van der Waals surface area contributed by atoms with E-state index in [4.69, 9.17) is 15.6 Å². The van der Waals surface area contributed by atoms with E-state index in [1.54, 1.807) is 10.8 Å². The van der Waals surface area contributed by atoms with Gasteiger partial charge >= 0.3 is 0 Å². The van der Waals surface area contributed by atoms with Crippen molar-refractivity contribution < 1.29 is 0 Å². The van der Waals surface area contributed by atoms with E-state index in [2.05, 4.69) is 6.07 Å². The van der Waals surface area contributed by atoms with E-state index in [1.165, 1.54) is 5.56 Å². The Morgan fingerprint density at radius 3 is 2.40 bits per heavy atom. The van der Waals surface area contributed by atoms with Crippen molar-refractivity contribution in [3.8, 4) is 29.1 Å². The van der Waals surface area contributed by atoms with Crippen LogP contribution in [0.3, 0.4) is 0 Å². The molecule has 0 saturated carbocycles. The molecule has 0 fully saturated rings. The van der Waals surface area contributed by atoms with E-state index in [0.29, 0.717) is 0 Å². The zero-order valence-corrected chi connectivity index (χ0v) is 14.1. The van der Waals surface area contributed by atoms with Crippen molar-refractivity contribution in [2.24, 2.45) is 0 Å². The normalized spacial score (nSPS) is 9.92. The van der Waals surface area contributed by atoms with E-state index in [-0.39, 0.29) is 5.57 Å². The standard InChI is InChI=1S/C21H16N4/c1-15-8-9-20(16(2)10-15)21-18(11-17(12-22)13-23)14-25(24-21)19-6-4-3-5-7-19/h3-11,14H,1-2H3. The Hall–Kier alpha value is -3.63. The van der Waals surface area contributed by atoms with Gasteiger partial charge in [0, 0.05) is 17.3 Å². The number of aryl methyl sites for hydroxylation is 2. The van der Waals surface area contributed by atoms with Crippen molar-refractivity contribution in [3.63, 3.8) is 0 Å². The largest absolute Gasteiger partial charge is 0.240 e. The molecule has 0 spiro atoms. The quantitative estimate of drug-likeness (QED) is 0.662. The second kappa shape index (κ2) is 6.86. The fraction of sp³-hybridized carbons (Fsp3) is 0.0952. The molecule has 1 aromatic heterocycles. The molecule has 0 atom stereocenters. The number of aromatic nitrogens is 2. The van der Waals surface area contributed by atoms with Gasteiger partial charge in [0.05, 0.1) is 5.69 Å². The molecule has 2 aromatic carbocycles. The van der Waals surface area contributed by atoms with Crippen LogP contribution >= 0.6 is 0 Å². The van der Waals surface area contributed by atoms with Gasteiger partial charge in [0.2, 0.25) is 0 Å². The van der Waals surface area contributed by atoms with Crippen molar-refractivity contribution in [3.05, 3.63) is 77.0 Å². The summed E-state index contributed by atoms with van der Waals surface area (Å²) in [6, 6.07) is 19.7. The molecule has 1 heterocycles. The van der Waals surface area contributed by atoms with E-state index < -0.39 is 0 Å². The lowest BCUT2D eigenvalue weighted by molar-refractivity contribution is 0.884. The molecule has 4 nitrogen and oxygen atoms in total. The van der Waals surface area contributed by atoms with Crippen LogP contribution in [0.2, 0.25) is 0 Å². The first kappa shape index (κ1) is 16.2. The van der Waals surface area contributed by atoms with Gasteiger partial charge in [0.15, 0.2) is 0 Å². The van der Waals surface area contributed by atoms with Crippen LogP contribution in [0.25, 0.3) is 23.0 Å². The minimum Gasteiger partial charge on any atom is -0.240 e. The zero-order chi connectivity index (χ0) is 17.8. The lowest BCUT2D eigenvalue weighted by Crippen LogP contribution is -1.94. The lowest BCUT2D eigenvalue weighted by Gasteiger charge is -2.05. The van der Waals surface area contributed by atoms with Crippen LogP contribution in [0.1, 0.15) is 16.7 Å². The summed E-state index contributed by atoms with van der Waals surface area (Å²) >= 11 is 0. The minimum atomic E-state index is 0.0543. The van der Waals surface area contributed by atoms with Crippen LogP contribution in [0.15, 0.2) is 60.3 Å². The molecule has 0 aliphatic rings. The molecule has 25 heavy (non-hydrogen) atoms. The Bertz CT molecular complexity index is 1010. The highest BCUT2D eigenvalue weighted by Crippen LogP contribution is 2.28. The van der Waals surface area contributed by atoms with Gasteiger partial charge in [-0.25, -0.2) is 4.68 Å². The molecule has 4 heteroatoms. The van der Waals surface area contributed by atoms with Crippen LogP contribution in [-0.2, 0) is 0 Å². The Morgan fingerprint density at radius 2 is 1.76 bits per heavy atom. The van der Waals surface area contributed by atoms with Crippen molar-refractivity contribution in [1.29, 1.82) is 10.5 Å². The Balaban J connectivity index is 2.22. The maximum Gasteiger partial charge on any atom is 0.130 e. The number of hydrogen-bond donors (Lipinski definition) is 0. The Morgan fingerprint density at radius 1 is 1.04 bits per heavy atom. The highest BCUT2D eigenvalue weighted by atomic mass is 15.3. The van der Waals surface area contributed by atoms with Gasteiger partial charge in [0.25, 0.3) is 0 Å². The molecule has 0 aliphatic carbocycles. The molecule has 0 amide bonds. The van der Waals surface area contributed by atoms with E-state index in [0.717, 1.165) is 28.1 Å². The number of nitriles is 2. The third-order valence-corrected chi connectivity index (χ3v) is 3.94. The van der Waals surface area contributed by atoms with Crippen molar-refractivity contribution >= 4 is 6.08 Å².